The van der Waals surface area contributed by atoms with Crippen molar-refractivity contribution in [3.05, 3.63) is 18.2 Å². The summed E-state index contributed by atoms with van der Waals surface area (Å²) in [6.07, 6.45) is 2.03. The highest BCUT2D eigenvalue weighted by atomic mass is 32.2. The second-order valence-electron chi connectivity index (χ2n) is 2.80. The standard InChI is InChI=1S/C10H10O2S2/c1-12-7-3-4-8-6(10(7)11)5-9(13-2)14-8/h3-5,11H,1-2H3. The highest BCUT2D eigenvalue weighted by molar-refractivity contribution is 8.00. The first-order chi connectivity index (χ1) is 6.76. The third kappa shape index (κ3) is 1.44. The average Bonchev–Trinajstić information content (AvgIpc) is 2.62. The number of ether oxygens (including phenoxy) is 1. The molecule has 0 bridgehead atoms. The van der Waals surface area contributed by atoms with Crippen molar-refractivity contribution in [3.8, 4) is 11.5 Å². The van der Waals surface area contributed by atoms with Gasteiger partial charge in [0.25, 0.3) is 0 Å². The van der Waals surface area contributed by atoms with Gasteiger partial charge >= 0.3 is 0 Å². The maximum atomic E-state index is 9.83. The molecule has 0 spiro atoms. The van der Waals surface area contributed by atoms with Gasteiger partial charge in [0, 0.05) is 10.1 Å². The molecule has 0 aliphatic heterocycles. The molecule has 0 aliphatic carbocycles. The molecule has 1 aromatic heterocycles. The van der Waals surface area contributed by atoms with Gasteiger partial charge in [-0.1, -0.05) is 0 Å². The highest BCUT2D eigenvalue weighted by Crippen LogP contribution is 2.40. The Morgan fingerprint density at radius 2 is 2.21 bits per heavy atom. The summed E-state index contributed by atoms with van der Waals surface area (Å²) in [6.45, 7) is 0. The molecule has 1 N–H and O–H groups in total. The largest absolute Gasteiger partial charge is 0.504 e. The van der Waals surface area contributed by atoms with E-state index in [9.17, 15) is 5.11 Å². The summed E-state index contributed by atoms with van der Waals surface area (Å²) in [5, 5.41) is 10.7. The van der Waals surface area contributed by atoms with E-state index in [1.807, 2.05) is 18.4 Å². The fourth-order valence-electron chi connectivity index (χ4n) is 1.32. The van der Waals surface area contributed by atoms with E-state index >= 15 is 0 Å². The molecule has 0 fully saturated rings. The van der Waals surface area contributed by atoms with Crippen LogP contribution in [0, 0.1) is 0 Å². The van der Waals surface area contributed by atoms with Crippen molar-refractivity contribution in [2.24, 2.45) is 0 Å². The maximum absolute atomic E-state index is 9.83. The van der Waals surface area contributed by atoms with Crippen LogP contribution >= 0.6 is 23.1 Å². The lowest BCUT2D eigenvalue weighted by Gasteiger charge is -2.02. The number of fused-ring (bicyclic) bond motifs is 1. The molecule has 1 aromatic carbocycles. The van der Waals surface area contributed by atoms with Gasteiger partial charge < -0.3 is 9.84 Å². The van der Waals surface area contributed by atoms with E-state index in [4.69, 9.17) is 4.74 Å². The molecule has 4 heteroatoms. The second kappa shape index (κ2) is 3.71. The van der Waals surface area contributed by atoms with Gasteiger partial charge in [-0.15, -0.1) is 23.1 Å². The second-order valence-corrected chi connectivity index (χ2v) is 4.99. The highest BCUT2D eigenvalue weighted by Gasteiger charge is 2.09. The summed E-state index contributed by atoms with van der Waals surface area (Å²) in [5.41, 5.74) is 0. The molecule has 2 aromatic rings. The summed E-state index contributed by atoms with van der Waals surface area (Å²) in [6, 6.07) is 5.75. The minimum Gasteiger partial charge on any atom is -0.504 e. The van der Waals surface area contributed by atoms with Crippen molar-refractivity contribution in [2.75, 3.05) is 13.4 Å². The van der Waals surface area contributed by atoms with E-state index in [2.05, 4.69) is 0 Å². The Morgan fingerprint density at radius 3 is 2.86 bits per heavy atom. The fraction of sp³-hybridized carbons (Fsp3) is 0.200. The molecule has 0 saturated carbocycles. The Hall–Kier alpha value is -0.870. The predicted molar refractivity (Wildman–Crippen MR) is 61.8 cm³/mol. The van der Waals surface area contributed by atoms with Crippen molar-refractivity contribution in [1.29, 1.82) is 0 Å². The number of thioether (sulfide) groups is 1. The molecule has 2 rings (SSSR count). The van der Waals surface area contributed by atoms with Crippen LogP contribution in [0.1, 0.15) is 0 Å². The van der Waals surface area contributed by atoms with Crippen molar-refractivity contribution in [3.63, 3.8) is 0 Å². The molecule has 0 unspecified atom stereocenters. The van der Waals surface area contributed by atoms with Gasteiger partial charge in [-0.25, -0.2) is 0 Å². The lowest BCUT2D eigenvalue weighted by Crippen LogP contribution is -1.82. The minimum atomic E-state index is 0.238. The van der Waals surface area contributed by atoms with Gasteiger partial charge in [-0.3, -0.25) is 0 Å². The third-order valence-electron chi connectivity index (χ3n) is 2.03. The Balaban J connectivity index is 2.68. The molecule has 1 heterocycles. The molecule has 0 amide bonds. The van der Waals surface area contributed by atoms with Crippen LogP contribution < -0.4 is 4.74 Å². The molecule has 14 heavy (non-hydrogen) atoms. The van der Waals surface area contributed by atoms with Crippen LogP contribution in [0.5, 0.6) is 11.5 Å². The van der Waals surface area contributed by atoms with Crippen LogP contribution in [0.15, 0.2) is 22.4 Å². The number of thiophene rings is 1. The average molecular weight is 226 g/mol. The normalized spacial score (nSPS) is 10.7. The first-order valence-electron chi connectivity index (χ1n) is 4.09. The zero-order valence-electron chi connectivity index (χ0n) is 7.90. The maximum Gasteiger partial charge on any atom is 0.166 e. The van der Waals surface area contributed by atoms with E-state index in [0.29, 0.717) is 5.75 Å². The molecule has 2 nitrogen and oxygen atoms in total. The van der Waals surface area contributed by atoms with Crippen molar-refractivity contribution in [2.45, 2.75) is 4.21 Å². The van der Waals surface area contributed by atoms with Crippen LogP contribution in [-0.2, 0) is 0 Å². The zero-order valence-corrected chi connectivity index (χ0v) is 9.54. The number of hydrogen-bond donors (Lipinski definition) is 1. The smallest absolute Gasteiger partial charge is 0.166 e. The van der Waals surface area contributed by atoms with E-state index < -0.39 is 0 Å². The van der Waals surface area contributed by atoms with E-state index in [0.717, 1.165) is 10.1 Å². The Labute approximate surface area is 90.5 Å². The van der Waals surface area contributed by atoms with Gasteiger partial charge in [0.15, 0.2) is 11.5 Å². The molecule has 0 radical (unpaired) electrons. The summed E-state index contributed by atoms with van der Waals surface area (Å²) in [7, 11) is 1.56. The Kier molecular flexibility index (Phi) is 2.56. The number of benzene rings is 1. The lowest BCUT2D eigenvalue weighted by molar-refractivity contribution is 0.376. The van der Waals surface area contributed by atoms with Crippen LogP contribution in [0.3, 0.4) is 0 Å². The Morgan fingerprint density at radius 1 is 1.43 bits per heavy atom. The quantitative estimate of drug-likeness (QED) is 0.796. The van der Waals surface area contributed by atoms with Crippen LogP contribution in [-0.4, -0.2) is 18.5 Å². The monoisotopic (exact) mass is 226 g/mol. The minimum absolute atomic E-state index is 0.238. The molecule has 0 saturated heterocycles. The van der Waals surface area contributed by atoms with Crippen molar-refractivity contribution < 1.29 is 9.84 Å². The van der Waals surface area contributed by atoms with Crippen LogP contribution in [0.25, 0.3) is 10.1 Å². The number of phenolic OH excluding ortho intramolecular Hbond substituents is 1. The summed E-state index contributed by atoms with van der Waals surface area (Å²) >= 11 is 3.36. The fourth-order valence-corrected chi connectivity index (χ4v) is 2.95. The van der Waals surface area contributed by atoms with Gasteiger partial charge in [-0.05, 0) is 24.5 Å². The van der Waals surface area contributed by atoms with Crippen LogP contribution in [0.2, 0.25) is 0 Å². The topological polar surface area (TPSA) is 29.5 Å². The molecule has 74 valence electrons. The van der Waals surface area contributed by atoms with Gasteiger partial charge in [0.1, 0.15) is 0 Å². The molecular formula is C10H10O2S2. The number of methoxy groups -OCH3 is 1. The number of aromatic hydroxyl groups is 1. The van der Waals surface area contributed by atoms with Crippen molar-refractivity contribution in [1.82, 2.24) is 0 Å². The van der Waals surface area contributed by atoms with Gasteiger partial charge in [0.2, 0.25) is 0 Å². The first kappa shape index (κ1) is 9.68. The van der Waals surface area contributed by atoms with Crippen molar-refractivity contribution >= 4 is 33.2 Å². The molecule has 0 atom stereocenters. The van der Waals surface area contributed by atoms with E-state index in [-0.39, 0.29) is 5.75 Å². The third-order valence-corrected chi connectivity index (χ3v) is 4.20. The number of rotatable bonds is 2. The summed E-state index contributed by atoms with van der Waals surface area (Å²) < 4.78 is 7.33. The van der Waals surface area contributed by atoms with Gasteiger partial charge in [-0.2, -0.15) is 0 Å². The summed E-state index contributed by atoms with van der Waals surface area (Å²) in [4.78, 5) is 0. The van der Waals surface area contributed by atoms with Crippen LogP contribution in [0.4, 0.5) is 0 Å². The predicted octanol–water partition coefficient (Wildman–Crippen LogP) is 3.34. The van der Waals surface area contributed by atoms with E-state index in [1.165, 1.54) is 4.21 Å². The van der Waals surface area contributed by atoms with E-state index in [1.54, 1.807) is 36.3 Å². The summed E-state index contributed by atoms with van der Waals surface area (Å²) in [5.74, 6) is 0.768. The number of hydrogen-bond acceptors (Lipinski definition) is 4. The zero-order chi connectivity index (χ0) is 10.1. The Bertz CT molecular complexity index is 462. The molecule has 0 aliphatic rings. The molecular weight excluding hydrogens is 216 g/mol. The first-order valence-corrected chi connectivity index (χ1v) is 6.14. The SMILES string of the molecule is COc1ccc2sc(SC)cc2c1O. The lowest BCUT2D eigenvalue weighted by atomic mass is 10.2. The van der Waals surface area contributed by atoms with Gasteiger partial charge in [0.05, 0.1) is 11.3 Å². The number of phenols is 1.